The van der Waals surface area contributed by atoms with E-state index in [0.717, 1.165) is 16.2 Å². The minimum Gasteiger partial charge on any atom is -0.277 e. The zero-order chi connectivity index (χ0) is 20.3. The fraction of sp³-hybridized carbons (Fsp3) is 0.0909. The van der Waals surface area contributed by atoms with Crippen LogP contribution in [0, 0.1) is 12.7 Å². The van der Waals surface area contributed by atoms with Gasteiger partial charge in [0.15, 0.2) is 5.65 Å². The lowest BCUT2D eigenvalue weighted by atomic mass is 10.0. The summed E-state index contributed by atoms with van der Waals surface area (Å²) in [6, 6.07) is 13.6. The van der Waals surface area contributed by atoms with Crippen molar-refractivity contribution in [2.24, 2.45) is 0 Å². The van der Waals surface area contributed by atoms with Gasteiger partial charge in [-0.2, -0.15) is 5.10 Å². The molecule has 2 aromatic heterocycles. The molecular weight excluding hydrogens is 371 g/mol. The summed E-state index contributed by atoms with van der Waals surface area (Å²) in [6.45, 7) is 1.95. The largest absolute Gasteiger partial charge is 0.277 e. The van der Waals surface area contributed by atoms with Crippen LogP contribution in [0.15, 0.2) is 54.7 Å². The Kier molecular flexibility index (Phi) is 3.61. The minimum atomic E-state index is -0.398. The van der Waals surface area contributed by atoms with Crippen molar-refractivity contribution in [3.05, 3.63) is 77.2 Å². The molecule has 0 saturated carbocycles. The van der Waals surface area contributed by atoms with Crippen LogP contribution in [0.25, 0.3) is 28.0 Å². The van der Waals surface area contributed by atoms with Gasteiger partial charge in [-0.1, -0.05) is 18.2 Å². The number of fused-ring (bicyclic) bond motifs is 3. The molecule has 0 bridgehead atoms. The van der Waals surface area contributed by atoms with E-state index in [-0.39, 0.29) is 16.9 Å². The standard InChI is InChI=1S/C22H15FN4O2/c1-12-5-3-4-6-16(12)27-20-18(19(25-27)13-7-9-14(23)10-8-13)17-15(11-24-20)21(28)26(2)22(17)29/h3-11H,1-2H3. The van der Waals surface area contributed by atoms with Crippen molar-refractivity contribution in [3.8, 4) is 16.9 Å². The molecule has 29 heavy (non-hydrogen) atoms. The molecule has 142 valence electrons. The van der Waals surface area contributed by atoms with E-state index in [1.165, 1.54) is 25.4 Å². The van der Waals surface area contributed by atoms with Gasteiger partial charge in [-0.15, -0.1) is 0 Å². The van der Waals surface area contributed by atoms with Crippen LogP contribution in [0.2, 0.25) is 0 Å². The van der Waals surface area contributed by atoms with Gasteiger partial charge in [0.25, 0.3) is 11.8 Å². The van der Waals surface area contributed by atoms with Crippen molar-refractivity contribution < 1.29 is 14.0 Å². The van der Waals surface area contributed by atoms with Crippen molar-refractivity contribution >= 4 is 22.8 Å². The van der Waals surface area contributed by atoms with Crippen LogP contribution in [0.3, 0.4) is 0 Å². The van der Waals surface area contributed by atoms with Crippen LogP contribution in [0.5, 0.6) is 0 Å². The second-order valence-electron chi connectivity index (χ2n) is 6.97. The molecule has 0 spiro atoms. The maximum Gasteiger partial charge on any atom is 0.262 e. The van der Waals surface area contributed by atoms with Crippen molar-refractivity contribution in [2.75, 3.05) is 7.05 Å². The minimum absolute atomic E-state index is 0.248. The first-order valence-corrected chi connectivity index (χ1v) is 9.03. The number of aryl methyl sites for hydroxylation is 1. The highest BCUT2D eigenvalue weighted by Gasteiger charge is 2.37. The number of pyridine rings is 1. The third-order valence-corrected chi connectivity index (χ3v) is 5.21. The summed E-state index contributed by atoms with van der Waals surface area (Å²) < 4.78 is 15.1. The molecule has 3 heterocycles. The Hall–Kier alpha value is -3.87. The lowest BCUT2D eigenvalue weighted by Crippen LogP contribution is -2.24. The number of halogens is 1. The number of nitrogens with zero attached hydrogens (tertiary/aromatic N) is 4. The van der Waals surface area contributed by atoms with E-state index in [1.54, 1.807) is 16.8 Å². The van der Waals surface area contributed by atoms with E-state index in [9.17, 15) is 14.0 Å². The van der Waals surface area contributed by atoms with Crippen molar-refractivity contribution in [3.63, 3.8) is 0 Å². The molecule has 5 rings (SSSR count). The van der Waals surface area contributed by atoms with Crippen molar-refractivity contribution in [2.45, 2.75) is 6.92 Å². The SMILES string of the molecule is Cc1ccccc1-n1nc(-c2ccc(F)cc2)c2c3c(cnc21)C(=O)N(C)C3=O. The number of rotatable bonds is 2. The van der Waals surface area contributed by atoms with Gasteiger partial charge in [0.2, 0.25) is 0 Å². The fourth-order valence-electron chi connectivity index (χ4n) is 3.69. The Morgan fingerprint density at radius 2 is 1.69 bits per heavy atom. The van der Waals surface area contributed by atoms with Crippen LogP contribution in [0.1, 0.15) is 26.3 Å². The van der Waals surface area contributed by atoms with Crippen LogP contribution < -0.4 is 0 Å². The van der Waals surface area contributed by atoms with Crippen LogP contribution >= 0.6 is 0 Å². The molecule has 2 amide bonds. The number of hydrogen-bond donors (Lipinski definition) is 0. The number of aromatic nitrogens is 3. The predicted molar refractivity (Wildman–Crippen MR) is 105 cm³/mol. The Morgan fingerprint density at radius 3 is 2.41 bits per heavy atom. The van der Waals surface area contributed by atoms with E-state index in [1.807, 2.05) is 31.2 Å². The average molecular weight is 386 g/mol. The van der Waals surface area contributed by atoms with Gasteiger partial charge in [0, 0.05) is 18.8 Å². The lowest BCUT2D eigenvalue weighted by Gasteiger charge is -2.06. The smallest absolute Gasteiger partial charge is 0.262 e. The molecule has 7 heteroatoms. The number of carbonyl (C=O) groups is 2. The summed E-state index contributed by atoms with van der Waals surface area (Å²) in [5.74, 6) is -1.16. The first-order chi connectivity index (χ1) is 14.0. The monoisotopic (exact) mass is 386 g/mol. The number of imide groups is 1. The molecule has 0 aliphatic carbocycles. The molecular formula is C22H15FN4O2. The van der Waals surface area contributed by atoms with E-state index in [0.29, 0.717) is 22.3 Å². The molecule has 0 saturated heterocycles. The van der Waals surface area contributed by atoms with E-state index in [2.05, 4.69) is 4.98 Å². The maximum absolute atomic E-state index is 13.5. The number of hydrogen-bond acceptors (Lipinski definition) is 4. The highest BCUT2D eigenvalue weighted by atomic mass is 19.1. The zero-order valence-electron chi connectivity index (χ0n) is 15.7. The van der Waals surface area contributed by atoms with Crippen LogP contribution in [-0.4, -0.2) is 38.5 Å². The molecule has 1 aliphatic heterocycles. The highest BCUT2D eigenvalue weighted by Crippen LogP contribution is 2.36. The molecule has 1 aliphatic rings. The maximum atomic E-state index is 13.5. The zero-order valence-corrected chi connectivity index (χ0v) is 15.7. The molecule has 2 aromatic carbocycles. The van der Waals surface area contributed by atoms with Gasteiger partial charge in [0.05, 0.1) is 22.2 Å². The Morgan fingerprint density at radius 1 is 0.966 bits per heavy atom. The predicted octanol–water partition coefficient (Wildman–Crippen LogP) is 3.76. The molecule has 6 nitrogen and oxygen atoms in total. The second kappa shape index (κ2) is 6.07. The van der Waals surface area contributed by atoms with E-state index in [4.69, 9.17) is 5.10 Å². The first-order valence-electron chi connectivity index (χ1n) is 9.03. The van der Waals surface area contributed by atoms with Crippen LogP contribution in [-0.2, 0) is 0 Å². The quantitative estimate of drug-likeness (QED) is 0.492. The number of carbonyl (C=O) groups excluding carboxylic acids is 2. The molecule has 0 atom stereocenters. The third kappa shape index (κ3) is 2.40. The van der Waals surface area contributed by atoms with Gasteiger partial charge < -0.3 is 0 Å². The summed E-state index contributed by atoms with van der Waals surface area (Å²) >= 11 is 0. The second-order valence-corrected chi connectivity index (χ2v) is 6.97. The summed E-state index contributed by atoms with van der Waals surface area (Å²) in [5, 5.41) is 5.22. The van der Waals surface area contributed by atoms with Gasteiger partial charge in [-0.3, -0.25) is 14.5 Å². The highest BCUT2D eigenvalue weighted by molar-refractivity contribution is 6.27. The van der Waals surface area contributed by atoms with Gasteiger partial charge in [-0.25, -0.2) is 14.1 Å². The van der Waals surface area contributed by atoms with Gasteiger partial charge in [-0.05, 0) is 42.8 Å². The molecule has 0 radical (unpaired) electrons. The number of benzene rings is 2. The van der Waals surface area contributed by atoms with Crippen molar-refractivity contribution in [1.29, 1.82) is 0 Å². The molecule has 0 N–H and O–H groups in total. The summed E-state index contributed by atoms with van der Waals surface area (Å²) in [4.78, 5) is 30.9. The number of para-hydroxylation sites is 1. The number of amides is 2. The van der Waals surface area contributed by atoms with Crippen LogP contribution in [0.4, 0.5) is 4.39 Å². The molecule has 0 fully saturated rings. The molecule has 4 aromatic rings. The topological polar surface area (TPSA) is 68.1 Å². The van der Waals surface area contributed by atoms with Gasteiger partial charge >= 0.3 is 0 Å². The fourth-order valence-corrected chi connectivity index (χ4v) is 3.69. The Labute approximate surface area is 165 Å². The Balaban J connectivity index is 1.91. The normalized spacial score (nSPS) is 13.4. The van der Waals surface area contributed by atoms with E-state index >= 15 is 0 Å². The van der Waals surface area contributed by atoms with E-state index < -0.39 is 11.8 Å². The average Bonchev–Trinajstić information content (AvgIpc) is 3.21. The summed E-state index contributed by atoms with van der Waals surface area (Å²) in [7, 11) is 1.44. The third-order valence-electron chi connectivity index (χ3n) is 5.21. The van der Waals surface area contributed by atoms with Gasteiger partial charge in [0.1, 0.15) is 11.5 Å². The summed E-state index contributed by atoms with van der Waals surface area (Å²) in [6.07, 6.45) is 1.42. The first kappa shape index (κ1) is 17.2. The molecule has 0 unspecified atom stereocenters. The van der Waals surface area contributed by atoms with Crippen molar-refractivity contribution in [1.82, 2.24) is 19.7 Å². The summed E-state index contributed by atoms with van der Waals surface area (Å²) in [5.41, 5.74) is 3.89. The Bertz CT molecular complexity index is 1320. The lowest BCUT2D eigenvalue weighted by molar-refractivity contribution is 0.0693.